The van der Waals surface area contributed by atoms with Crippen LogP contribution in [-0.4, -0.2) is 66.5 Å². The van der Waals surface area contributed by atoms with Gasteiger partial charge in [0.1, 0.15) is 5.69 Å². The highest BCUT2D eigenvalue weighted by molar-refractivity contribution is 5.92. The Balaban J connectivity index is 1.43. The molecule has 1 aromatic carbocycles. The molecule has 0 bridgehead atoms. The number of hydrogen-bond acceptors (Lipinski definition) is 3. The zero-order valence-electron chi connectivity index (χ0n) is 18.9. The van der Waals surface area contributed by atoms with Crippen LogP contribution in [0, 0.1) is 0 Å². The van der Waals surface area contributed by atoms with Crippen LogP contribution in [0.4, 0.5) is 0 Å². The highest BCUT2D eigenvalue weighted by Crippen LogP contribution is 2.52. The summed E-state index contributed by atoms with van der Waals surface area (Å²) in [6, 6.07) is 12.4. The minimum absolute atomic E-state index is 0.0795. The fraction of sp³-hybridized carbons (Fsp3) is 0.520. The predicted octanol–water partition coefficient (Wildman–Crippen LogP) is 2.75. The quantitative estimate of drug-likeness (QED) is 0.779. The van der Waals surface area contributed by atoms with E-state index in [1.165, 1.54) is 11.1 Å². The molecule has 1 fully saturated rings. The third-order valence-electron chi connectivity index (χ3n) is 7.09. The number of likely N-dealkylation sites (tertiary alicyclic amines) is 1. The summed E-state index contributed by atoms with van der Waals surface area (Å²) in [6.45, 7) is 3.06. The molecular formula is C25H34N4O2. The molecule has 1 aromatic heterocycles. The van der Waals surface area contributed by atoms with Crippen molar-refractivity contribution in [2.45, 2.75) is 37.0 Å². The maximum atomic E-state index is 12.9. The molecule has 6 heteroatoms. The molecule has 2 aliphatic rings. The second-order valence-corrected chi connectivity index (χ2v) is 9.42. The van der Waals surface area contributed by atoms with E-state index in [9.17, 15) is 9.59 Å². The first-order valence-corrected chi connectivity index (χ1v) is 11.3. The van der Waals surface area contributed by atoms with Crippen LogP contribution in [0.25, 0.3) is 0 Å². The summed E-state index contributed by atoms with van der Waals surface area (Å²) in [5.41, 5.74) is 3.55. The number of benzene rings is 1. The molecule has 6 nitrogen and oxygen atoms in total. The van der Waals surface area contributed by atoms with E-state index in [2.05, 4.69) is 34.5 Å². The Bertz CT molecular complexity index is 941. The zero-order valence-corrected chi connectivity index (χ0v) is 18.9. The summed E-state index contributed by atoms with van der Waals surface area (Å²) < 4.78 is 1.89. The average molecular weight is 423 g/mol. The molecule has 1 unspecified atom stereocenters. The minimum Gasteiger partial charge on any atom is -0.355 e. The summed E-state index contributed by atoms with van der Waals surface area (Å²) in [6.07, 6.45) is 5.37. The van der Waals surface area contributed by atoms with Crippen molar-refractivity contribution in [3.05, 3.63) is 59.4 Å². The van der Waals surface area contributed by atoms with Crippen molar-refractivity contribution in [2.75, 3.05) is 40.3 Å². The van der Waals surface area contributed by atoms with Gasteiger partial charge in [0.15, 0.2) is 0 Å². The number of likely N-dealkylation sites (N-methyl/N-ethyl adjacent to an activating group) is 1. The monoisotopic (exact) mass is 422 g/mol. The molecule has 2 amide bonds. The van der Waals surface area contributed by atoms with Gasteiger partial charge < -0.3 is 19.7 Å². The fourth-order valence-electron chi connectivity index (χ4n) is 5.38. The van der Waals surface area contributed by atoms with Gasteiger partial charge in [0.2, 0.25) is 5.91 Å². The number of hydrogen-bond donors (Lipinski definition) is 1. The van der Waals surface area contributed by atoms with Crippen LogP contribution >= 0.6 is 0 Å². The van der Waals surface area contributed by atoms with E-state index >= 15 is 0 Å². The summed E-state index contributed by atoms with van der Waals surface area (Å²) in [4.78, 5) is 29.6. The van der Waals surface area contributed by atoms with Crippen molar-refractivity contribution in [1.82, 2.24) is 19.7 Å². The first kappa shape index (κ1) is 21.6. The molecule has 2 aromatic rings. The van der Waals surface area contributed by atoms with E-state index in [4.69, 9.17) is 0 Å². The lowest BCUT2D eigenvalue weighted by Gasteiger charge is -2.40. The van der Waals surface area contributed by atoms with Crippen molar-refractivity contribution < 1.29 is 9.59 Å². The van der Waals surface area contributed by atoms with E-state index in [1.54, 1.807) is 0 Å². The number of fused-ring (bicyclic) bond motifs is 2. The number of piperidine rings is 1. The van der Waals surface area contributed by atoms with Gasteiger partial charge in [-0.1, -0.05) is 24.3 Å². The second kappa shape index (κ2) is 8.87. The highest BCUT2D eigenvalue weighted by atomic mass is 16.2. The minimum atomic E-state index is 0.0795. The van der Waals surface area contributed by atoms with Crippen LogP contribution in [0.2, 0.25) is 0 Å². The molecule has 0 radical (unpaired) electrons. The molecule has 166 valence electrons. The normalized spacial score (nSPS) is 19.6. The van der Waals surface area contributed by atoms with Crippen molar-refractivity contribution in [3.63, 3.8) is 0 Å². The average Bonchev–Trinajstić information content (AvgIpc) is 3.30. The molecule has 0 saturated carbocycles. The van der Waals surface area contributed by atoms with Crippen LogP contribution in [0.5, 0.6) is 0 Å². The standard InChI is InChI=1S/C25H34N4O2/c1-27(2)16-12-26-23(30)17-19-18-25(21-8-5-4-7-20(19)21)10-14-29(15-11-25)24(31)22-9-6-13-28(22)3/h4-9,13,19H,10-12,14-18H2,1-3H3,(H,26,30). The van der Waals surface area contributed by atoms with Gasteiger partial charge in [-0.05, 0) is 68.0 Å². The van der Waals surface area contributed by atoms with Crippen molar-refractivity contribution in [2.24, 2.45) is 7.05 Å². The molecule has 1 saturated heterocycles. The fourth-order valence-corrected chi connectivity index (χ4v) is 5.38. The second-order valence-electron chi connectivity index (χ2n) is 9.42. The summed E-state index contributed by atoms with van der Waals surface area (Å²) in [5.74, 6) is 0.506. The molecule has 4 rings (SSSR count). The molecular weight excluding hydrogens is 388 g/mol. The smallest absolute Gasteiger partial charge is 0.270 e. The maximum Gasteiger partial charge on any atom is 0.270 e. The van der Waals surface area contributed by atoms with Gasteiger partial charge in [-0.15, -0.1) is 0 Å². The van der Waals surface area contributed by atoms with Crippen LogP contribution in [0.3, 0.4) is 0 Å². The number of rotatable bonds is 6. The van der Waals surface area contributed by atoms with E-state index in [1.807, 2.05) is 48.9 Å². The number of aryl methyl sites for hydroxylation is 1. The third-order valence-corrected chi connectivity index (χ3v) is 7.09. The van der Waals surface area contributed by atoms with Crippen molar-refractivity contribution in [1.29, 1.82) is 0 Å². The first-order chi connectivity index (χ1) is 14.9. The predicted molar refractivity (Wildman–Crippen MR) is 122 cm³/mol. The van der Waals surface area contributed by atoms with E-state index in [0.29, 0.717) is 13.0 Å². The number of nitrogens with one attached hydrogen (secondary N) is 1. The lowest BCUT2D eigenvalue weighted by Crippen LogP contribution is -2.44. The van der Waals surface area contributed by atoms with Gasteiger partial charge in [0, 0.05) is 45.8 Å². The number of nitrogens with zero attached hydrogens (tertiary/aromatic N) is 3. The van der Waals surface area contributed by atoms with Gasteiger partial charge >= 0.3 is 0 Å². The Kier molecular flexibility index (Phi) is 6.19. The van der Waals surface area contributed by atoms with Crippen molar-refractivity contribution >= 4 is 11.8 Å². The largest absolute Gasteiger partial charge is 0.355 e. The van der Waals surface area contributed by atoms with Crippen LogP contribution < -0.4 is 5.32 Å². The van der Waals surface area contributed by atoms with E-state index in [-0.39, 0.29) is 23.1 Å². The Morgan fingerprint density at radius 2 is 1.87 bits per heavy atom. The van der Waals surface area contributed by atoms with Gasteiger partial charge in [-0.2, -0.15) is 0 Å². The first-order valence-electron chi connectivity index (χ1n) is 11.3. The van der Waals surface area contributed by atoms with E-state index in [0.717, 1.165) is 44.6 Å². The van der Waals surface area contributed by atoms with Gasteiger partial charge in [0.25, 0.3) is 5.91 Å². The molecule has 1 atom stereocenters. The van der Waals surface area contributed by atoms with Gasteiger partial charge in [-0.25, -0.2) is 0 Å². The SMILES string of the molecule is CN(C)CCNC(=O)CC1CC2(CCN(C(=O)c3cccn3C)CC2)c2ccccc21. The molecule has 1 aliphatic carbocycles. The number of carbonyl (C=O) groups is 2. The summed E-state index contributed by atoms with van der Waals surface area (Å²) >= 11 is 0. The number of amides is 2. The molecule has 31 heavy (non-hydrogen) atoms. The van der Waals surface area contributed by atoms with Crippen molar-refractivity contribution in [3.8, 4) is 0 Å². The Morgan fingerprint density at radius 3 is 2.55 bits per heavy atom. The lowest BCUT2D eigenvalue weighted by molar-refractivity contribution is -0.121. The third kappa shape index (κ3) is 4.40. The highest BCUT2D eigenvalue weighted by Gasteiger charge is 2.46. The molecule has 1 N–H and O–H groups in total. The summed E-state index contributed by atoms with van der Waals surface area (Å²) in [5, 5.41) is 3.07. The van der Waals surface area contributed by atoms with Gasteiger partial charge in [0.05, 0.1) is 0 Å². The van der Waals surface area contributed by atoms with Gasteiger partial charge in [-0.3, -0.25) is 9.59 Å². The Hall–Kier alpha value is -2.60. The molecule has 1 aliphatic heterocycles. The Labute approximate surface area is 185 Å². The van der Waals surface area contributed by atoms with Crippen LogP contribution in [0.15, 0.2) is 42.6 Å². The molecule has 2 heterocycles. The van der Waals surface area contributed by atoms with Crippen LogP contribution in [0.1, 0.15) is 53.2 Å². The van der Waals surface area contributed by atoms with E-state index < -0.39 is 0 Å². The summed E-state index contributed by atoms with van der Waals surface area (Å²) in [7, 11) is 5.94. The van der Waals surface area contributed by atoms with Crippen LogP contribution in [-0.2, 0) is 17.3 Å². The maximum absolute atomic E-state index is 12.9. The topological polar surface area (TPSA) is 57.6 Å². The lowest BCUT2D eigenvalue weighted by atomic mass is 9.73. The Morgan fingerprint density at radius 1 is 1.13 bits per heavy atom. The number of carbonyl (C=O) groups excluding carboxylic acids is 2. The molecule has 1 spiro atoms. The zero-order chi connectivity index (χ0) is 22.0. The number of aromatic nitrogens is 1.